The van der Waals surface area contributed by atoms with Gasteiger partial charge in [-0.05, 0) is 80.0 Å². The molecular formula is C60H58O12SSi. The highest BCUT2D eigenvalue weighted by molar-refractivity contribution is 7.11. The number of aliphatic carboxylic acids is 3. The molecule has 0 spiro atoms. The molecule has 2 aromatic heterocycles. The summed E-state index contributed by atoms with van der Waals surface area (Å²) >= 11 is 1.39. The lowest BCUT2D eigenvalue weighted by Gasteiger charge is -2.12. The topological polar surface area (TPSA) is 203 Å². The maximum absolute atomic E-state index is 12.3. The highest BCUT2D eigenvalue weighted by atomic mass is 32.1. The minimum absolute atomic E-state index is 0.0115. The minimum atomic E-state index is -1.46. The standard InChI is InChI=1S/C21H12O3S.C11H18O.C10H10O2.C9H6O2.C6H10O2Si.C3H2O2/c22-15(11-10-14-6-2-1-3-7-14)12-19-20-17(13-25-19)16-8-4-5-9-18(16)24-21(20)23;1-10(2,3)8-7-9(12)11(4,5)6;1-12-10(11)8-7-9-5-3-2-4-6-9;10-9(11)7-6-8-4-2-1-3-5-8;1-9(2,3)5-4-6(7)8;1-2-3(4)5/h1-9,13H,12H2;1-6H3;2-8H,1H3;1-5H,(H,10,11);1-3H3,(H,7,8);1H,(H,4,5)/b;;8-7+;;;. The lowest BCUT2D eigenvalue weighted by atomic mass is 9.89. The van der Waals surface area contributed by atoms with Crippen LogP contribution in [0.1, 0.15) is 63.1 Å². The van der Waals surface area contributed by atoms with Crippen LogP contribution in [0.5, 0.6) is 0 Å². The smallest absolute Gasteiger partial charge is 0.382 e. The van der Waals surface area contributed by atoms with E-state index in [1.807, 2.05) is 170 Å². The van der Waals surface area contributed by atoms with E-state index in [0.717, 1.165) is 27.5 Å². The van der Waals surface area contributed by atoms with Gasteiger partial charge in [0.25, 0.3) is 0 Å². The fourth-order valence-corrected chi connectivity index (χ4v) is 6.36. The number of carbonyl (C=O) groups is 6. The number of ether oxygens (including phenoxy) is 1. The van der Waals surface area contributed by atoms with Gasteiger partial charge in [-0.1, -0.05) is 143 Å². The van der Waals surface area contributed by atoms with Gasteiger partial charge in [0.1, 0.15) is 13.7 Å². The molecular weight excluding hydrogens is 973 g/mol. The monoisotopic (exact) mass is 1030 g/mol. The second-order valence-electron chi connectivity index (χ2n) is 18.1. The van der Waals surface area contributed by atoms with Gasteiger partial charge in [0.2, 0.25) is 11.6 Å². The number of carboxylic acid groups (broad SMARTS) is 3. The predicted molar refractivity (Wildman–Crippen MR) is 295 cm³/mol. The third kappa shape index (κ3) is 28.6. The van der Waals surface area contributed by atoms with E-state index in [1.54, 1.807) is 24.3 Å². The Hall–Kier alpha value is -8.97. The Labute approximate surface area is 437 Å². The van der Waals surface area contributed by atoms with E-state index in [1.165, 1.54) is 30.4 Å². The van der Waals surface area contributed by atoms with Crippen LogP contribution in [0.25, 0.3) is 27.8 Å². The molecule has 0 aliphatic rings. The van der Waals surface area contributed by atoms with Gasteiger partial charge in [-0.3, -0.25) is 9.59 Å². The van der Waals surface area contributed by atoms with Crippen molar-refractivity contribution in [1.29, 1.82) is 0 Å². The lowest BCUT2D eigenvalue weighted by Crippen LogP contribution is -2.18. The zero-order valence-corrected chi connectivity index (χ0v) is 44.7. The largest absolute Gasteiger partial charge is 0.472 e. The first-order valence-electron chi connectivity index (χ1n) is 22.3. The van der Waals surface area contributed by atoms with E-state index in [4.69, 9.17) is 24.5 Å². The van der Waals surface area contributed by atoms with Gasteiger partial charge >= 0.3 is 29.5 Å². The molecule has 0 fully saturated rings. The Morgan fingerprint density at radius 1 is 0.676 bits per heavy atom. The number of terminal acetylenes is 1. The van der Waals surface area contributed by atoms with E-state index in [9.17, 15) is 28.8 Å². The third-order valence-corrected chi connectivity index (χ3v) is 10.2. The summed E-state index contributed by atoms with van der Waals surface area (Å²) in [5.41, 5.74) is 4.94. The van der Waals surface area contributed by atoms with Crippen LogP contribution >= 0.6 is 11.3 Å². The maximum Gasteiger partial charge on any atom is 0.382 e. The highest BCUT2D eigenvalue weighted by Gasteiger charge is 2.19. The summed E-state index contributed by atoms with van der Waals surface area (Å²) < 4.78 is 9.83. The number of hydrogen-bond acceptors (Lipinski definition) is 10. The Kier molecular flexibility index (Phi) is 27.3. The molecule has 0 aliphatic heterocycles. The Morgan fingerprint density at radius 3 is 1.61 bits per heavy atom. The number of benzene rings is 4. The summed E-state index contributed by atoms with van der Waals surface area (Å²) in [5, 5.41) is 27.9. The normalized spacial score (nSPS) is 9.85. The number of rotatable bonds is 4. The SMILES string of the molecule is C#CC(=O)O.CC(C)(C)C#CC(=O)C(C)(C)C.COC(=O)/C=C/c1ccccc1.C[Si](C)(C)C#CC(=O)O.O=C(C#Cc1ccccc1)Cc1scc2c1c(=O)oc1ccccc12.O=C(O)C#Cc1ccccc1. The van der Waals surface area contributed by atoms with Gasteiger partial charge in [-0.2, -0.15) is 0 Å². The zero-order chi connectivity index (χ0) is 55.9. The zero-order valence-electron chi connectivity index (χ0n) is 42.9. The molecule has 12 nitrogen and oxygen atoms in total. The number of para-hydroxylation sites is 1. The second kappa shape index (κ2) is 32.1. The van der Waals surface area contributed by atoms with Gasteiger partial charge in [0.15, 0.2) is 0 Å². The average Bonchev–Trinajstić information content (AvgIpc) is 3.78. The van der Waals surface area contributed by atoms with Crippen molar-refractivity contribution in [2.75, 3.05) is 7.11 Å². The number of ketones is 2. The van der Waals surface area contributed by atoms with Crippen LogP contribution in [0.4, 0.5) is 0 Å². The van der Waals surface area contributed by atoms with Crippen molar-refractivity contribution in [3.8, 4) is 59.3 Å². The third-order valence-electron chi connectivity index (χ3n) is 8.29. The molecule has 0 saturated heterocycles. The number of carboxylic acids is 3. The first-order chi connectivity index (χ1) is 34.6. The fraction of sp³-hybridized carbons (Fsp3) is 0.217. The van der Waals surface area contributed by atoms with Crippen LogP contribution in [0.3, 0.4) is 0 Å². The van der Waals surface area contributed by atoms with Crippen molar-refractivity contribution < 1.29 is 53.2 Å². The number of hydrogen-bond donors (Lipinski definition) is 3. The molecule has 0 aliphatic carbocycles. The van der Waals surface area contributed by atoms with Gasteiger partial charge in [-0.25, -0.2) is 24.0 Å². The van der Waals surface area contributed by atoms with Crippen molar-refractivity contribution in [1.82, 2.24) is 0 Å². The number of carbonyl (C=O) groups excluding carboxylic acids is 3. The number of Topliss-reactive ketones (excluding diaryl/α,β-unsaturated/α-hetero) is 2. The molecule has 6 aromatic rings. The number of esters is 1. The van der Waals surface area contributed by atoms with Crippen molar-refractivity contribution in [3.05, 3.63) is 159 Å². The molecule has 4 aromatic carbocycles. The minimum Gasteiger partial charge on any atom is -0.472 e. The highest BCUT2D eigenvalue weighted by Crippen LogP contribution is 2.30. The van der Waals surface area contributed by atoms with Crippen molar-refractivity contribution >= 4 is 82.7 Å². The second-order valence-corrected chi connectivity index (χ2v) is 23.8. The molecule has 14 heteroatoms. The molecule has 6 rings (SSSR count). The molecule has 0 atom stereocenters. The van der Waals surface area contributed by atoms with Crippen LogP contribution in [0, 0.1) is 70.2 Å². The molecule has 0 amide bonds. The lowest BCUT2D eigenvalue weighted by molar-refractivity contribution is -0.135. The summed E-state index contributed by atoms with van der Waals surface area (Å²) in [4.78, 5) is 76.3. The van der Waals surface area contributed by atoms with E-state index >= 15 is 0 Å². The number of methoxy groups -OCH3 is 1. The number of thiophene rings is 1. The molecule has 0 unspecified atom stereocenters. The van der Waals surface area contributed by atoms with Crippen LogP contribution in [-0.4, -0.2) is 65.9 Å². The molecule has 380 valence electrons. The van der Waals surface area contributed by atoms with Crippen LogP contribution in [0.2, 0.25) is 19.6 Å². The summed E-state index contributed by atoms with van der Waals surface area (Å²) in [6.07, 6.45) is 7.54. The first kappa shape index (κ1) is 63.0. The van der Waals surface area contributed by atoms with Gasteiger partial charge < -0.3 is 24.5 Å². The van der Waals surface area contributed by atoms with Crippen molar-refractivity contribution in [3.63, 3.8) is 0 Å². The quantitative estimate of drug-likeness (QED) is 0.0377. The molecule has 0 saturated carbocycles. The van der Waals surface area contributed by atoms with Crippen molar-refractivity contribution in [2.24, 2.45) is 10.8 Å². The van der Waals surface area contributed by atoms with Crippen LogP contribution in [0.15, 0.2) is 136 Å². The summed E-state index contributed by atoms with van der Waals surface area (Å²) in [6.45, 7) is 17.6. The number of fused-ring (bicyclic) bond motifs is 3. The van der Waals surface area contributed by atoms with Crippen LogP contribution in [-0.2, 0) is 39.9 Å². The summed E-state index contributed by atoms with van der Waals surface area (Å²) in [7, 11) is -0.103. The first-order valence-corrected chi connectivity index (χ1v) is 26.7. The summed E-state index contributed by atoms with van der Waals surface area (Å²) in [5.74, 6) is 15.3. The van der Waals surface area contributed by atoms with E-state index in [-0.39, 0.29) is 34.8 Å². The Bertz CT molecular complexity index is 3260. The fourth-order valence-electron chi connectivity index (χ4n) is 4.85. The van der Waals surface area contributed by atoms with Gasteiger partial charge in [0.05, 0.1) is 18.9 Å². The van der Waals surface area contributed by atoms with E-state index in [0.29, 0.717) is 15.8 Å². The molecule has 2 heterocycles. The Balaban J connectivity index is 0.000000480. The predicted octanol–water partition coefficient (Wildman–Crippen LogP) is 10.5. The average molecular weight is 1030 g/mol. The molecule has 74 heavy (non-hydrogen) atoms. The Morgan fingerprint density at radius 2 is 1.16 bits per heavy atom. The molecule has 3 N–H and O–H groups in total. The van der Waals surface area contributed by atoms with Crippen LogP contribution < -0.4 is 5.63 Å². The molecule has 0 radical (unpaired) electrons. The van der Waals surface area contributed by atoms with E-state index < -0.39 is 31.6 Å². The van der Waals surface area contributed by atoms with Crippen molar-refractivity contribution in [2.45, 2.75) is 67.6 Å². The van der Waals surface area contributed by atoms with Gasteiger partial charge in [-0.15, -0.1) is 23.3 Å². The molecule has 0 bridgehead atoms. The van der Waals surface area contributed by atoms with Gasteiger partial charge in [0, 0.05) is 61.4 Å². The van der Waals surface area contributed by atoms with E-state index in [2.05, 4.69) is 52.2 Å². The maximum atomic E-state index is 12.3. The summed E-state index contributed by atoms with van der Waals surface area (Å²) in [6, 6.07) is 35.3.